The van der Waals surface area contributed by atoms with Gasteiger partial charge in [0.05, 0.1) is 24.8 Å². The molecule has 1 fully saturated rings. The monoisotopic (exact) mass is 494 g/mol. The van der Waals surface area contributed by atoms with Gasteiger partial charge < -0.3 is 9.47 Å². The molecule has 4 rings (SSSR count). The van der Waals surface area contributed by atoms with Crippen LogP contribution in [0.2, 0.25) is 0 Å². The van der Waals surface area contributed by atoms with Crippen molar-refractivity contribution in [2.24, 2.45) is 0 Å². The lowest BCUT2D eigenvalue weighted by atomic mass is 10.0. The molecule has 0 N–H and O–H groups in total. The number of piperidine rings is 1. The third-order valence-corrected chi connectivity index (χ3v) is 8.48. The molecule has 6 nitrogen and oxygen atoms in total. The van der Waals surface area contributed by atoms with Crippen LogP contribution in [0.1, 0.15) is 29.5 Å². The summed E-state index contributed by atoms with van der Waals surface area (Å²) >= 11 is 0. The van der Waals surface area contributed by atoms with Gasteiger partial charge in [0.1, 0.15) is 0 Å². The number of hydrogen-bond donors (Lipinski definition) is 0. The van der Waals surface area contributed by atoms with Crippen LogP contribution in [0, 0.1) is 13.8 Å². The van der Waals surface area contributed by atoms with Gasteiger partial charge in [-0.05, 0) is 62.6 Å². The summed E-state index contributed by atoms with van der Waals surface area (Å²) in [4.78, 5) is 2.68. The number of aryl methyl sites for hydroxylation is 2. The van der Waals surface area contributed by atoms with E-state index in [4.69, 9.17) is 9.47 Å². The molecule has 0 atom stereocenters. The van der Waals surface area contributed by atoms with Crippen LogP contribution < -0.4 is 13.8 Å². The standard InChI is InChI=1S/C28H34N2O4S/c1-21-11-13-24(14-12-21)30(35(31,32)26-9-5-7-22(2)19-26)25-15-17-29(18-16-25)20-23-8-6-10-27(33-3)28(23)34-4/h5-14,19,25H,15-18,20H2,1-4H3. The molecule has 0 radical (unpaired) electrons. The zero-order chi connectivity index (χ0) is 25.0. The molecule has 35 heavy (non-hydrogen) atoms. The molecule has 1 aliphatic rings. The first-order chi connectivity index (χ1) is 16.8. The fourth-order valence-electron chi connectivity index (χ4n) is 4.76. The molecular formula is C28H34N2O4S. The van der Waals surface area contributed by atoms with E-state index in [9.17, 15) is 8.42 Å². The van der Waals surface area contributed by atoms with Crippen molar-refractivity contribution in [3.63, 3.8) is 0 Å². The van der Waals surface area contributed by atoms with Gasteiger partial charge in [-0.3, -0.25) is 9.21 Å². The number of nitrogens with zero attached hydrogens (tertiary/aromatic N) is 2. The lowest BCUT2D eigenvalue weighted by Gasteiger charge is -2.39. The maximum absolute atomic E-state index is 13.9. The molecule has 0 spiro atoms. The Morgan fingerprint density at radius 2 is 1.57 bits per heavy atom. The zero-order valence-corrected chi connectivity index (χ0v) is 21.7. The fourth-order valence-corrected chi connectivity index (χ4v) is 6.57. The molecule has 186 valence electrons. The highest BCUT2D eigenvalue weighted by atomic mass is 32.2. The van der Waals surface area contributed by atoms with Crippen molar-refractivity contribution in [1.82, 2.24) is 4.90 Å². The maximum atomic E-state index is 13.9. The van der Waals surface area contributed by atoms with Gasteiger partial charge in [0.15, 0.2) is 11.5 Å². The lowest BCUT2D eigenvalue weighted by molar-refractivity contribution is 0.203. The predicted octanol–water partition coefficient (Wildman–Crippen LogP) is 5.18. The number of likely N-dealkylation sites (tertiary alicyclic amines) is 1. The van der Waals surface area contributed by atoms with Crippen LogP contribution in [-0.2, 0) is 16.6 Å². The summed E-state index contributed by atoms with van der Waals surface area (Å²) in [5, 5.41) is 0. The SMILES string of the molecule is COc1cccc(CN2CCC(N(c3ccc(C)cc3)S(=O)(=O)c3cccc(C)c3)CC2)c1OC. The van der Waals surface area contributed by atoms with Crippen molar-refractivity contribution < 1.29 is 17.9 Å². The Labute approximate surface area is 209 Å². The van der Waals surface area contributed by atoms with Gasteiger partial charge >= 0.3 is 0 Å². The Morgan fingerprint density at radius 3 is 2.20 bits per heavy atom. The summed E-state index contributed by atoms with van der Waals surface area (Å²) in [6.07, 6.45) is 1.48. The van der Waals surface area contributed by atoms with Gasteiger partial charge in [-0.2, -0.15) is 0 Å². The van der Waals surface area contributed by atoms with Crippen molar-refractivity contribution in [3.8, 4) is 11.5 Å². The van der Waals surface area contributed by atoms with E-state index in [0.717, 1.165) is 60.7 Å². The molecule has 7 heteroatoms. The molecule has 0 saturated carbocycles. The quantitative estimate of drug-likeness (QED) is 0.432. The number of rotatable bonds is 8. The third-order valence-electron chi connectivity index (χ3n) is 6.60. The van der Waals surface area contributed by atoms with Crippen LogP contribution in [-0.4, -0.2) is 46.7 Å². The second kappa shape index (κ2) is 10.7. The first kappa shape index (κ1) is 25.1. The fraction of sp³-hybridized carbons (Fsp3) is 0.357. The Bertz CT molecular complexity index is 1250. The van der Waals surface area contributed by atoms with E-state index in [-0.39, 0.29) is 6.04 Å². The van der Waals surface area contributed by atoms with E-state index in [2.05, 4.69) is 4.90 Å². The number of ether oxygens (including phenoxy) is 2. The zero-order valence-electron chi connectivity index (χ0n) is 20.9. The second-order valence-electron chi connectivity index (χ2n) is 9.11. The van der Waals surface area contributed by atoms with Crippen LogP contribution in [0.3, 0.4) is 0 Å². The largest absolute Gasteiger partial charge is 0.493 e. The number of benzene rings is 3. The van der Waals surface area contributed by atoms with Crippen molar-refractivity contribution in [1.29, 1.82) is 0 Å². The molecular weight excluding hydrogens is 460 g/mol. The summed E-state index contributed by atoms with van der Waals surface area (Å²) in [7, 11) is -0.411. The average Bonchev–Trinajstić information content (AvgIpc) is 2.86. The Morgan fingerprint density at radius 1 is 0.886 bits per heavy atom. The number of sulfonamides is 1. The highest BCUT2D eigenvalue weighted by Crippen LogP contribution is 2.34. The molecule has 0 amide bonds. The second-order valence-corrected chi connectivity index (χ2v) is 10.9. The Hall–Kier alpha value is -3.03. The van der Waals surface area contributed by atoms with E-state index in [1.54, 1.807) is 36.7 Å². The number of anilines is 1. The van der Waals surface area contributed by atoms with Gasteiger partial charge in [-0.15, -0.1) is 0 Å². The van der Waals surface area contributed by atoms with Crippen molar-refractivity contribution in [3.05, 3.63) is 83.4 Å². The van der Waals surface area contributed by atoms with Crippen LogP contribution in [0.15, 0.2) is 71.6 Å². The smallest absolute Gasteiger partial charge is 0.264 e. The Balaban J connectivity index is 1.57. The molecule has 0 unspecified atom stereocenters. The molecule has 0 aliphatic carbocycles. The number of methoxy groups -OCH3 is 2. The number of hydrogen-bond acceptors (Lipinski definition) is 5. The summed E-state index contributed by atoms with van der Waals surface area (Å²) in [6.45, 7) is 6.23. The predicted molar refractivity (Wildman–Crippen MR) is 140 cm³/mol. The Kier molecular flexibility index (Phi) is 7.67. The molecule has 1 saturated heterocycles. The highest BCUT2D eigenvalue weighted by molar-refractivity contribution is 7.92. The van der Waals surface area contributed by atoms with E-state index >= 15 is 0 Å². The first-order valence-electron chi connectivity index (χ1n) is 11.9. The minimum absolute atomic E-state index is 0.119. The summed E-state index contributed by atoms with van der Waals surface area (Å²) in [5.41, 5.74) is 3.80. The van der Waals surface area contributed by atoms with Gasteiger partial charge in [-0.1, -0.05) is 42.0 Å². The molecule has 3 aromatic rings. The van der Waals surface area contributed by atoms with Crippen LogP contribution in [0.4, 0.5) is 5.69 Å². The van der Waals surface area contributed by atoms with Crippen molar-refractivity contribution in [2.75, 3.05) is 31.6 Å². The minimum atomic E-state index is -3.71. The summed E-state index contributed by atoms with van der Waals surface area (Å²) < 4.78 is 40.4. The van der Waals surface area contributed by atoms with Gasteiger partial charge in [0.25, 0.3) is 10.0 Å². The normalized spacial score (nSPS) is 15.1. The molecule has 1 aliphatic heterocycles. The van der Waals surface area contributed by atoms with E-state index in [0.29, 0.717) is 10.6 Å². The van der Waals surface area contributed by atoms with E-state index in [1.807, 2.05) is 62.4 Å². The topological polar surface area (TPSA) is 59.1 Å². The van der Waals surface area contributed by atoms with Gasteiger partial charge in [0, 0.05) is 31.2 Å². The lowest BCUT2D eigenvalue weighted by Crippen LogP contribution is -2.47. The molecule has 1 heterocycles. The molecule has 0 bridgehead atoms. The maximum Gasteiger partial charge on any atom is 0.264 e. The van der Waals surface area contributed by atoms with Crippen molar-refractivity contribution >= 4 is 15.7 Å². The van der Waals surface area contributed by atoms with Crippen LogP contribution in [0.5, 0.6) is 11.5 Å². The van der Waals surface area contributed by atoms with Gasteiger partial charge in [0.2, 0.25) is 0 Å². The third kappa shape index (κ3) is 5.46. The van der Waals surface area contributed by atoms with Crippen LogP contribution in [0.25, 0.3) is 0 Å². The average molecular weight is 495 g/mol. The van der Waals surface area contributed by atoms with Crippen LogP contribution >= 0.6 is 0 Å². The number of para-hydroxylation sites is 1. The summed E-state index contributed by atoms with van der Waals surface area (Å²) in [5.74, 6) is 1.47. The van der Waals surface area contributed by atoms with Gasteiger partial charge in [-0.25, -0.2) is 8.42 Å². The molecule has 3 aromatic carbocycles. The first-order valence-corrected chi connectivity index (χ1v) is 13.4. The van der Waals surface area contributed by atoms with E-state index in [1.165, 1.54) is 0 Å². The molecule has 0 aromatic heterocycles. The summed E-state index contributed by atoms with van der Waals surface area (Å²) in [6, 6.07) is 20.7. The highest BCUT2D eigenvalue weighted by Gasteiger charge is 2.34. The van der Waals surface area contributed by atoms with Crippen molar-refractivity contribution in [2.45, 2.75) is 44.2 Å². The van der Waals surface area contributed by atoms with E-state index < -0.39 is 10.0 Å². The minimum Gasteiger partial charge on any atom is -0.493 e.